The highest BCUT2D eigenvalue weighted by Gasteiger charge is 2.34. The van der Waals surface area contributed by atoms with Crippen molar-refractivity contribution in [3.63, 3.8) is 0 Å². The molecule has 0 bridgehead atoms. The molecule has 2 fully saturated rings. The lowest BCUT2D eigenvalue weighted by Gasteiger charge is -2.44. The predicted molar refractivity (Wildman–Crippen MR) is 75.2 cm³/mol. The molecular weight excluding hydrogens is 246 g/mol. The molecule has 1 aromatic heterocycles. The molecule has 3 heterocycles. The molecule has 0 aliphatic carbocycles. The van der Waals surface area contributed by atoms with Gasteiger partial charge in [-0.1, -0.05) is 0 Å². The van der Waals surface area contributed by atoms with Crippen LogP contribution in [0, 0.1) is 0 Å². The Morgan fingerprint density at radius 3 is 3.17 bits per heavy atom. The highest BCUT2D eigenvalue weighted by atomic mass is 35.5. The van der Waals surface area contributed by atoms with Gasteiger partial charge in [-0.15, -0.1) is 11.6 Å². The van der Waals surface area contributed by atoms with Gasteiger partial charge in [-0.3, -0.25) is 9.88 Å². The monoisotopic (exact) mass is 265 g/mol. The van der Waals surface area contributed by atoms with Crippen LogP contribution in [-0.4, -0.2) is 41.6 Å². The lowest BCUT2D eigenvalue weighted by atomic mass is 10.1. The second kappa shape index (κ2) is 5.06. The molecule has 2 aliphatic heterocycles. The van der Waals surface area contributed by atoms with Crippen molar-refractivity contribution in [2.75, 3.05) is 24.5 Å². The Balaban J connectivity index is 1.86. The molecule has 4 heteroatoms. The van der Waals surface area contributed by atoms with Crippen LogP contribution in [0.15, 0.2) is 18.5 Å². The van der Waals surface area contributed by atoms with E-state index in [1.54, 1.807) is 0 Å². The van der Waals surface area contributed by atoms with Crippen molar-refractivity contribution in [1.82, 2.24) is 9.88 Å². The highest BCUT2D eigenvalue weighted by molar-refractivity contribution is 6.17. The number of hydrogen-bond donors (Lipinski definition) is 0. The minimum absolute atomic E-state index is 0.542. The molecule has 1 aromatic rings. The number of fused-ring (bicyclic) bond motifs is 1. The molecule has 0 saturated carbocycles. The van der Waals surface area contributed by atoms with Crippen LogP contribution in [0.4, 0.5) is 5.69 Å². The first-order valence-electron chi connectivity index (χ1n) is 6.79. The van der Waals surface area contributed by atoms with Gasteiger partial charge in [0.05, 0.1) is 5.88 Å². The minimum Gasteiger partial charge on any atom is -0.366 e. The van der Waals surface area contributed by atoms with Gasteiger partial charge in [0.2, 0.25) is 0 Å². The SMILES string of the molecule is CC1CN2CCCC2CN1c1ccncc1CCl. The van der Waals surface area contributed by atoms with Crippen LogP contribution in [0.2, 0.25) is 0 Å². The summed E-state index contributed by atoms with van der Waals surface area (Å²) >= 11 is 6.03. The van der Waals surface area contributed by atoms with E-state index in [4.69, 9.17) is 11.6 Å². The largest absolute Gasteiger partial charge is 0.366 e. The van der Waals surface area contributed by atoms with Crippen molar-refractivity contribution in [2.45, 2.75) is 37.7 Å². The summed E-state index contributed by atoms with van der Waals surface area (Å²) in [5, 5.41) is 0. The van der Waals surface area contributed by atoms with Crippen molar-refractivity contribution in [2.24, 2.45) is 0 Å². The maximum absolute atomic E-state index is 6.03. The Kier molecular flexibility index (Phi) is 3.44. The average Bonchev–Trinajstić information content (AvgIpc) is 2.84. The quantitative estimate of drug-likeness (QED) is 0.766. The Morgan fingerprint density at radius 2 is 2.33 bits per heavy atom. The van der Waals surface area contributed by atoms with E-state index < -0.39 is 0 Å². The second-order valence-electron chi connectivity index (χ2n) is 5.43. The van der Waals surface area contributed by atoms with Crippen molar-refractivity contribution < 1.29 is 0 Å². The number of anilines is 1. The highest BCUT2D eigenvalue weighted by Crippen LogP contribution is 2.30. The third-order valence-electron chi connectivity index (χ3n) is 4.27. The van der Waals surface area contributed by atoms with Crippen LogP contribution < -0.4 is 4.90 Å². The zero-order valence-electron chi connectivity index (χ0n) is 10.8. The summed E-state index contributed by atoms with van der Waals surface area (Å²) in [5.74, 6) is 0.542. The lowest BCUT2D eigenvalue weighted by Crippen LogP contribution is -2.55. The molecule has 2 atom stereocenters. The first-order valence-corrected chi connectivity index (χ1v) is 7.32. The Hall–Kier alpha value is -0.800. The van der Waals surface area contributed by atoms with Crippen LogP contribution in [0.1, 0.15) is 25.3 Å². The molecule has 0 aromatic carbocycles. The summed E-state index contributed by atoms with van der Waals surface area (Å²) < 4.78 is 0. The van der Waals surface area contributed by atoms with Gasteiger partial charge in [-0.05, 0) is 32.4 Å². The smallest absolute Gasteiger partial charge is 0.0509 e. The van der Waals surface area contributed by atoms with Gasteiger partial charge in [0, 0.05) is 48.8 Å². The van der Waals surface area contributed by atoms with Gasteiger partial charge in [-0.25, -0.2) is 0 Å². The molecule has 0 radical (unpaired) electrons. The fraction of sp³-hybridized carbons (Fsp3) is 0.643. The standard InChI is InChI=1S/C14H20ClN3/c1-11-9-17-6-2-3-13(17)10-18(11)14-4-5-16-8-12(14)7-15/h4-5,8,11,13H,2-3,6-7,9-10H2,1H3. The number of halogens is 1. The molecule has 0 spiro atoms. The van der Waals surface area contributed by atoms with Crippen LogP contribution in [0.5, 0.6) is 0 Å². The van der Waals surface area contributed by atoms with E-state index in [9.17, 15) is 0 Å². The molecular formula is C14H20ClN3. The zero-order valence-corrected chi connectivity index (χ0v) is 11.6. The first kappa shape index (κ1) is 12.2. The summed E-state index contributed by atoms with van der Waals surface area (Å²) in [4.78, 5) is 9.34. The number of hydrogen-bond acceptors (Lipinski definition) is 3. The third-order valence-corrected chi connectivity index (χ3v) is 4.56. The van der Waals surface area contributed by atoms with Gasteiger partial charge >= 0.3 is 0 Å². The van der Waals surface area contributed by atoms with Crippen molar-refractivity contribution in [3.05, 3.63) is 24.0 Å². The van der Waals surface area contributed by atoms with Gasteiger partial charge in [0.15, 0.2) is 0 Å². The maximum atomic E-state index is 6.03. The van der Waals surface area contributed by atoms with Gasteiger partial charge in [0.1, 0.15) is 0 Å². The number of rotatable bonds is 2. The Bertz CT molecular complexity index is 423. The number of aromatic nitrogens is 1. The third kappa shape index (κ3) is 2.10. The molecule has 2 aliphatic rings. The topological polar surface area (TPSA) is 19.4 Å². The predicted octanol–water partition coefficient (Wildman–Crippen LogP) is 2.49. The van der Waals surface area contributed by atoms with Crippen molar-refractivity contribution in [3.8, 4) is 0 Å². The number of nitrogens with zero attached hydrogens (tertiary/aromatic N) is 3. The van der Waals surface area contributed by atoms with Gasteiger partial charge < -0.3 is 4.90 Å². The summed E-state index contributed by atoms with van der Waals surface area (Å²) in [6.07, 6.45) is 6.46. The molecule has 3 nitrogen and oxygen atoms in total. The molecule has 18 heavy (non-hydrogen) atoms. The molecule has 2 saturated heterocycles. The average molecular weight is 266 g/mol. The summed E-state index contributed by atoms with van der Waals surface area (Å²) in [6.45, 7) is 5.90. The Labute approximate surface area is 114 Å². The minimum atomic E-state index is 0.542. The maximum Gasteiger partial charge on any atom is 0.0509 e. The zero-order chi connectivity index (χ0) is 12.5. The van der Waals surface area contributed by atoms with E-state index >= 15 is 0 Å². The van der Waals surface area contributed by atoms with Crippen molar-refractivity contribution >= 4 is 17.3 Å². The number of piperazine rings is 1. The first-order chi connectivity index (χ1) is 8.79. The van der Waals surface area contributed by atoms with E-state index in [-0.39, 0.29) is 0 Å². The molecule has 0 N–H and O–H groups in total. The summed E-state index contributed by atoms with van der Waals surface area (Å²) in [7, 11) is 0. The normalized spacial score (nSPS) is 28.4. The van der Waals surface area contributed by atoms with Crippen molar-refractivity contribution in [1.29, 1.82) is 0 Å². The van der Waals surface area contributed by atoms with E-state index in [1.165, 1.54) is 31.6 Å². The second-order valence-corrected chi connectivity index (χ2v) is 5.70. The fourth-order valence-electron chi connectivity index (χ4n) is 3.33. The summed E-state index contributed by atoms with van der Waals surface area (Å²) in [6, 6.07) is 3.40. The van der Waals surface area contributed by atoms with E-state index in [2.05, 4.69) is 27.8 Å². The number of pyridine rings is 1. The molecule has 0 amide bonds. The fourth-order valence-corrected chi connectivity index (χ4v) is 3.53. The summed E-state index contributed by atoms with van der Waals surface area (Å²) in [5.41, 5.74) is 2.43. The van der Waals surface area contributed by atoms with Crippen LogP contribution in [-0.2, 0) is 5.88 Å². The van der Waals surface area contributed by atoms with Gasteiger partial charge in [-0.2, -0.15) is 0 Å². The lowest BCUT2D eigenvalue weighted by molar-refractivity contribution is 0.203. The van der Waals surface area contributed by atoms with Crippen LogP contribution >= 0.6 is 11.6 Å². The van der Waals surface area contributed by atoms with Crippen LogP contribution in [0.25, 0.3) is 0 Å². The van der Waals surface area contributed by atoms with E-state index in [0.717, 1.165) is 18.2 Å². The van der Waals surface area contributed by atoms with Gasteiger partial charge in [0.25, 0.3) is 0 Å². The van der Waals surface area contributed by atoms with Crippen LogP contribution in [0.3, 0.4) is 0 Å². The number of alkyl halides is 1. The Morgan fingerprint density at radius 1 is 1.44 bits per heavy atom. The van der Waals surface area contributed by atoms with E-state index in [0.29, 0.717) is 11.9 Å². The molecule has 98 valence electrons. The molecule has 2 unspecified atom stereocenters. The van der Waals surface area contributed by atoms with E-state index in [1.807, 2.05) is 12.4 Å². The molecule has 3 rings (SSSR count).